The first-order valence-electron chi connectivity index (χ1n) is 5.20. The lowest BCUT2D eigenvalue weighted by Crippen LogP contribution is -2.26. The van der Waals surface area contributed by atoms with Gasteiger partial charge in [-0.25, -0.2) is 4.68 Å². The van der Waals surface area contributed by atoms with Crippen LogP contribution in [0.2, 0.25) is 5.02 Å². The fourth-order valence-electron chi connectivity index (χ4n) is 1.24. The lowest BCUT2D eigenvalue weighted by atomic mass is 10.3. The molecule has 2 N–H and O–H groups in total. The molecule has 0 unspecified atom stereocenters. The number of anilines is 1. The molecule has 6 heteroatoms. The average Bonchev–Trinajstić information content (AvgIpc) is 2.24. The summed E-state index contributed by atoms with van der Waals surface area (Å²) in [5.41, 5.74) is 0.211. The van der Waals surface area contributed by atoms with Crippen LogP contribution in [0.5, 0.6) is 0 Å². The molecule has 1 rings (SSSR count). The third-order valence-electron chi connectivity index (χ3n) is 2.08. The molecule has 0 spiro atoms. The summed E-state index contributed by atoms with van der Waals surface area (Å²) >= 11 is 5.92. The van der Waals surface area contributed by atoms with Gasteiger partial charge in [0.2, 0.25) is 0 Å². The average molecular weight is 246 g/mol. The van der Waals surface area contributed by atoms with E-state index in [1.165, 1.54) is 10.9 Å². The minimum absolute atomic E-state index is 0.0171. The summed E-state index contributed by atoms with van der Waals surface area (Å²) in [6.07, 6.45) is 2.13. The molecule has 0 radical (unpaired) electrons. The van der Waals surface area contributed by atoms with Crippen LogP contribution in [0.3, 0.4) is 0 Å². The van der Waals surface area contributed by atoms with E-state index in [1.54, 1.807) is 0 Å². The van der Waals surface area contributed by atoms with Gasteiger partial charge in [-0.3, -0.25) is 4.79 Å². The number of hydrogen-bond donors (Lipinski definition) is 2. The van der Waals surface area contributed by atoms with Gasteiger partial charge >= 0.3 is 0 Å². The van der Waals surface area contributed by atoms with Crippen molar-refractivity contribution in [3.8, 4) is 0 Å². The molecular formula is C10H16ClN3O2. The molecular weight excluding hydrogens is 230 g/mol. The zero-order valence-corrected chi connectivity index (χ0v) is 10.2. The molecule has 0 fully saturated rings. The van der Waals surface area contributed by atoms with E-state index in [2.05, 4.69) is 10.4 Å². The van der Waals surface area contributed by atoms with Gasteiger partial charge in [0.15, 0.2) is 0 Å². The van der Waals surface area contributed by atoms with Crippen LogP contribution in [0, 0.1) is 0 Å². The van der Waals surface area contributed by atoms with Crippen molar-refractivity contribution in [3.05, 3.63) is 21.6 Å². The van der Waals surface area contributed by atoms with Crippen LogP contribution in [0.25, 0.3) is 0 Å². The number of aliphatic hydroxyl groups excluding tert-OH is 1. The zero-order valence-electron chi connectivity index (χ0n) is 9.40. The van der Waals surface area contributed by atoms with Gasteiger partial charge in [-0.05, 0) is 20.3 Å². The standard InChI is InChI=1S/C10H16ClN3O2/c1-7(2)14-10(16)9(11)8(6-13-14)12-4-3-5-15/h6-7,12,15H,3-5H2,1-2H3. The molecule has 1 aromatic rings. The zero-order chi connectivity index (χ0) is 12.1. The van der Waals surface area contributed by atoms with Gasteiger partial charge in [-0.2, -0.15) is 5.10 Å². The highest BCUT2D eigenvalue weighted by molar-refractivity contribution is 6.32. The van der Waals surface area contributed by atoms with Gasteiger partial charge in [0, 0.05) is 13.2 Å². The Balaban J connectivity index is 2.90. The molecule has 0 saturated carbocycles. The van der Waals surface area contributed by atoms with Gasteiger partial charge < -0.3 is 10.4 Å². The molecule has 90 valence electrons. The number of nitrogens with zero attached hydrogens (tertiary/aromatic N) is 2. The largest absolute Gasteiger partial charge is 0.396 e. The van der Waals surface area contributed by atoms with Gasteiger partial charge in [0.25, 0.3) is 5.56 Å². The van der Waals surface area contributed by atoms with E-state index in [-0.39, 0.29) is 23.2 Å². The third-order valence-corrected chi connectivity index (χ3v) is 2.45. The minimum Gasteiger partial charge on any atom is -0.396 e. The Hall–Kier alpha value is -1.07. The van der Waals surface area contributed by atoms with Crippen molar-refractivity contribution < 1.29 is 5.11 Å². The lowest BCUT2D eigenvalue weighted by molar-refractivity contribution is 0.292. The quantitative estimate of drug-likeness (QED) is 0.767. The Labute approximate surface area is 99.0 Å². The fraction of sp³-hybridized carbons (Fsp3) is 0.600. The van der Waals surface area contributed by atoms with Crippen LogP contribution in [0.4, 0.5) is 5.69 Å². The first-order chi connectivity index (χ1) is 7.57. The van der Waals surface area contributed by atoms with Crippen molar-refractivity contribution >= 4 is 17.3 Å². The number of nitrogens with one attached hydrogen (secondary N) is 1. The Bertz CT molecular complexity index is 404. The summed E-state index contributed by atoms with van der Waals surface area (Å²) < 4.78 is 1.33. The van der Waals surface area contributed by atoms with Crippen molar-refractivity contribution in [2.24, 2.45) is 0 Å². The topological polar surface area (TPSA) is 67.2 Å². The Kier molecular flexibility index (Phi) is 4.76. The van der Waals surface area contributed by atoms with Crippen LogP contribution in [-0.4, -0.2) is 28.0 Å². The normalized spacial score (nSPS) is 10.8. The molecule has 16 heavy (non-hydrogen) atoms. The van der Waals surface area contributed by atoms with Gasteiger partial charge in [-0.1, -0.05) is 11.6 Å². The Morgan fingerprint density at radius 3 is 2.88 bits per heavy atom. The summed E-state index contributed by atoms with van der Waals surface area (Å²) in [7, 11) is 0. The summed E-state index contributed by atoms with van der Waals surface area (Å²) in [5.74, 6) is 0. The maximum Gasteiger partial charge on any atom is 0.287 e. The molecule has 0 bridgehead atoms. The highest BCUT2D eigenvalue weighted by Crippen LogP contribution is 2.15. The van der Waals surface area contributed by atoms with Crippen LogP contribution in [-0.2, 0) is 0 Å². The van der Waals surface area contributed by atoms with E-state index >= 15 is 0 Å². The van der Waals surface area contributed by atoms with Crippen molar-refractivity contribution in [2.75, 3.05) is 18.5 Å². The molecule has 0 aliphatic rings. The second-order valence-corrected chi connectivity index (χ2v) is 4.10. The number of aliphatic hydroxyl groups is 1. The number of hydrogen-bond acceptors (Lipinski definition) is 4. The number of rotatable bonds is 5. The summed E-state index contributed by atoms with van der Waals surface area (Å²) in [6, 6.07) is -0.0171. The molecule has 0 atom stereocenters. The van der Waals surface area contributed by atoms with Crippen LogP contribution >= 0.6 is 11.6 Å². The van der Waals surface area contributed by atoms with E-state index in [1.807, 2.05) is 13.8 Å². The third kappa shape index (κ3) is 2.96. The van der Waals surface area contributed by atoms with Gasteiger partial charge in [0.1, 0.15) is 5.02 Å². The minimum atomic E-state index is -0.300. The molecule has 1 heterocycles. The molecule has 0 aliphatic heterocycles. The van der Waals surface area contributed by atoms with E-state index in [0.29, 0.717) is 18.7 Å². The first-order valence-corrected chi connectivity index (χ1v) is 5.57. The van der Waals surface area contributed by atoms with Crippen molar-refractivity contribution in [1.29, 1.82) is 0 Å². The number of aromatic nitrogens is 2. The molecule has 0 amide bonds. The summed E-state index contributed by atoms with van der Waals surface area (Å²) in [6.45, 7) is 4.39. The lowest BCUT2D eigenvalue weighted by Gasteiger charge is -2.11. The maximum atomic E-state index is 11.7. The fourth-order valence-corrected chi connectivity index (χ4v) is 1.44. The summed E-state index contributed by atoms with van der Waals surface area (Å²) in [5, 5.41) is 15.7. The van der Waals surface area contributed by atoms with Gasteiger partial charge in [-0.15, -0.1) is 0 Å². The van der Waals surface area contributed by atoms with Crippen molar-refractivity contribution in [2.45, 2.75) is 26.3 Å². The predicted octanol–water partition coefficient (Wildman–Crippen LogP) is 1.27. The molecule has 1 aromatic heterocycles. The van der Waals surface area contributed by atoms with E-state index in [0.717, 1.165) is 0 Å². The smallest absolute Gasteiger partial charge is 0.287 e. The van der Waals surface area contributed by atoms with E-state index in [4.69, 9.17) is 16.7 Å². The predicted molar refractivity (Wildman–Crippen MR) is 64.1 cm³/mol. The SMILES string of the molecule is CC(C)n1ncc(NCCCO)c(Cl)c1=O. The number of halogens is 1. The second kappa shape index (κ2) is 5.86. The second-order valence-electron chi connectivity index (χ2n) is 3.72. The van der Waals surface area contributed by atoms with E-state index in [9.17, 15) is 4.79 Å². The van der Waals surface area contributed by atoms with Crippen molar-refractivity contribution in [1.82, 2.24) is 9.78 Å². The van der Waals surface area contributed by atoms with Crippen LogP contribution in [0.1, 0.15) is 26.3 Å². The van der Waals surface area contributed by atoms with Gasteiger partial charge in [0.05, 0.1) is 17.9 Å². The van der Waals surface area contributed by atoms with E-state index < -0.39 is 0 Å². The summed E-state index contributed by atoms with van der Waals surface area (Å²) in [4.78, 5) is 11.7. The maximum absolute atomic E-state index is 11.7. The molecule has 0 saturated heterocycles. The Morgan fingerprint density at radius 1 is 1.62 bits per heavy atom. The highest BCUT2D eigenvalue weighted by Gasteiger charge is 2.10. The van der Waals surface area contributed by atoms with Crippen molar-refractivity contribution in [3.63, 3.8) is 0 Å². The molecule has 0 aliphatic carbocycles. The Morgan fingerprint density at radius 2 is 2.31 bits per heavy atom. The monoisotopic (exact) mass is 245 g/mol. The first kappa shape index (κ1) is 13.0. The highest BCUT2D eigenvalue weighted by atomic mass is 35.5. The van der Waals surface area contributed by atoms with Crippen LogP contribution < -0.4 is 10.9 Å². The van der Waals surface area contributed by atoms with Crippen LogP contribution in [0.15, 0.2) is 11.0 Å². The molecule has 5 nitrogen and oxygen atoms in total. The molecule has 0 aromatic carbocycles.